The number of hydrogen-bond donors (Lipinski definition) is 0. The van der Waals surface area contributed by atoms with Crippen LogP contribution in [0.2, 0.25) is 0 Å². The van der Waals surface area contributed by atoms with Crippen molar-refractivity contribution in [1.29, 1.82) is 0 Å². The normalized spacial score (nSPS) is 24.2. The van der Waals surface area contributed by atoms with E-state index in [-0.39, 0.29) is 30.1 Å². The molecule has 2 aliphatic heterocycles. The maximum Gasteiger partial charge on any atom is 0.310 e. The monoisotopic (exact) mass is 358 g/mol. The number of aryl methyl sites for hydroxylation is 2. The third-order valence-corrected chi connectivity index (χ3v) is 5.39. The van der Waals surface area contributed by atoms with E-state index in [1.807, 2.05) is 36.9 Å². The number of benzene rings is 1. The van der Waals surface area contributed by atoms with Gasteiger partial charge < -0.3 is 4.74 Å². The predicted octanol–water partition coefficient (Wildman–Crippen LogP) is 2.21. The first-order chi connectivity index (χ1) is 12.4. The van der Waals surface area contributed by atoms with E-state index in [2.05, 4.69) is 0 Å². The molecular weight excluding hydrogens is 332 g/mol. The standard InChI is InChI=1S/C20H26N2O4/c1-4-26-20(25)15-6-5-9-21(12-15)17-11-18(23)22(19(17)24)16-8-7-13(2)14(3)10-16/h7-8,10,15,17H,4-6,9,11-12H2,1-3H3/t15-,17-/m0/s1. The number of nitrogens with zero attached hydrogens (tertiary/aromatic N) is 2. The highest BCUT2D eigenvalue weighted by Gasteiger charge is 2.44. The Hall–Kier alpha value is -2.21. The van der Waals surface area contributed by atoms with Crippen molar-refractivity contribution in [3.05, 3.63) is 29.3 Å². The summed E-state index contributed by atoms with van der Waals surface area (Å²) in [5.41, 5.74) is 2.80. The van der Waals surface area contributed by atoms with Gasteiger partial charge in [0.05, 0.1) is 30.7 Å². The first-order valence-corrected chi connectivity index (χ1v) is 9.27. The van der Waals surface area contributed by atoms with Crippen molar-refractivity contribution in [2.24, 2.45) is 5.92 Å². The summed E-state index contributed by atoms with van der Waals surface area (Å²) in [6, 6.07) is 5.14. The van der Waals surface area contributed by atoms with Gasteiger partial charge in [0, 0.05) is 6.54 Å². The number of esters is 1. The van der Waals surface area contributed by atoms with Gasteiger partial charge in [-0.05, 0) is 63.4 Å². The molecule has 0 unspecified atom stereocenters. The predicted molar refractivity (Wildman–Crippen MR) is 97.7 cm³/mol. The lowest BCUT2D eigenvalue weighted by Crippen LogP contribution is -2.48. The number of ether oxygens (including phenoxy) is 1. The van der Waals surface area contributed by atoms with Crippen LogP contribution in [0.5, 0.6) is 0 Å². The van der Waals surface area contributed by atoms with Crippen molar-refractivity contribution in [2.75, 3.05) is 24.6 Å². The van der Waals surface area contributed by atoms with Crippen LogP contribution >= 0.6 is 0 Å². The number of amides is 2. The molecule has 2 aliphatic rings. The minimum absolute atomic E-state index is 0.168. The molecule has 0 N–H and O–H groups in total. The van der Waals surface area contributed by atoms with E-state index in [4.69, 9.17) is 4.74 Å². The molecule has 1 aromatic rings. The fourth-order valence-electron chi connectivity index (χ4n) is 3.78. The van der Waals surface area contributed by atoms with Crippen molar-refractivity contribution < 1.29 is 19.1 Å². The van der Waals surface area contributed by atoms with E-state index in [1.54, 1.807) is 6.92 Å². The number of carbonyl (C=O) groups is 3. The largest absolute Gasteiger partial charge is 0.466 e. The molecule has 2 fully saturated rings. The van der Waals surface area contributed by atoms with Crippen LogP contribution in [0, 0.1) is 19.8 Å². The Morgan fingerprint density at radius 1 is 1.23 bits per heavy atom. The average molecular weight is 358 g/mol. The van der Waals surface area contributed by atoms with Gasteiger partial charge in [0.2, 0.25) is 5.91 Å². The van der Waals surface area contributed by atoms with Gasteiger partial charge in [-0.3, -0.25) is 19.3 Å². The summed E-state index contributed by atoms with van der Waals surface area (Å²) < 4.78 is 5.13. The van der Waals surface area contributed by atoms with Crippen molar-refractivity contribution >= 4 is 23.5 Å². The van der Waals surface area contributed by atoms with Crippen LogP contribution in [0.4, 0.5) is 5.69 Å². The molecule has 2 heterocycles. The molecule has 1 aromatic carbocycles. The minimum atomic E-state index is -0.485. The summed E-state index contributed by atoms with van der Waals surface area (Å²) in [4.78, 5) is 40.8. The van der Waals surface area contributed by atoms with Gasteiger partial charge in [0.25, 0.3) is 5.91 Å². The average Bonchev–Trinajstić information content (AvgIpc) is 2.92. The molecule has 0 bridgehead atoms. The van der Waals surface area contributed by atoms with Crippen molar-refractivity contribution in [1.82, 2.24) is 4.90 Å². The highest BCUT2D eigenvalue weighted by Crippen LogP contribution is 2.30. The highest BCUT2D eigenvalue weighted by atomic mass is 16.5. The number of likely N-dealkylation sites (tertiary alicyclic amines) is 1. The van der Waals surface area contributed by atoms with Crippen LogP contribution < -0.4 is 4.90 Å². The molecule has 0 aromatic heterocycles. The molecule has 2 atom stereocenters. The molecule has 6 nitrogen and oxygen atoms in total. The summed E-state index contributed by atoms with van der Waals surface area (Å²) in [5.74, 6) is -0.800. The fraction of sp³-hybridized carbons (Fsp3) is 0.550. The van der Waals surface area contributed by atoms with Gasteiger partial charge in [-0.2, -0.15) is 0 Å². The smallest absolute Gasteiger partial charge is 0.310 e. The van der Waals surface area contributed by atoms with Crippen molar-refractivity contribution in [3.8, 4) is 0 Å². The second-order valence-electron chi connectivity index (χ2n) is 7.14. The fourth-order valence-corrected chi connectivity index (χ4v) is 3.78. The zero-order chi connectivity index (χ0) is 18.8. The van der Waals surface area contributed by atoms with Crippen LogP contribution in [0.3, 0.4) is 0 Å². The minimum Gasteiger partial charge on any atom is -0.466 e. The first-order valence-electron chi connectivity index (χ1n) is 9.27. The van der Waals surface area contributed by atoms with E-state index in [9.17, 15) is 14.4 Å². The maximum atomic E-state index is 13.0. The van der Waals surface area contributed by atoms with E-state index in [1.165, 1.54) is 4.90 Å². The number of rotatable bonds is 4. The molecule has 0 aliphatic carbocycles. The van der Waals surface area contributed by atoms with Crippen LogP contribution in [-0.4, -0.2) is 48.4 Å². The molecule has 2 saturated heterocycles. The Kier molecular flexibility index (Phi) is 5.41. The van der Waals surface area contributed by atoms with Gasteiger partial charge in [-0.25, -0.2) is 4.90 Å². The van der Waals surface area contributed by atoms with Gasteiger partial charge in [0.15, 0.2) is 0 Å². The first kappa shape index (κ1) is 18.6. The number of imide groups is 1. The Morgan fingerprint density at radius 2 is 2.00 bits per heavy atom. The van der Waals surface area contributed by atoms with Gasteiger partial charge in [0.1, 0.15) is 0 Å². The summed E-state index contributed by atoms with van der Waals surface area (Å²) in [6.45, 7) is 7.31. The summed E-state index contributed by atoms with van der Waals surface area (Å²) in [5, 5.41) is 0. The molecular formula is C20H26N2O4. The Morgan fingerprint density at radius 3 is 2.69 bits per heavy atom. The van der Waals surface area contributed by atoms with Crippen molar-refractivity contribution in [2.45, 2.75) is 46.1 Å². The Bertz CT molecular complexity index is 731. The lowest BCUT2D eigenvalue weighted by Gasteiger charge is -2.34. The molecule has 140 valence electrons. The summed E-state index contributed by atoms with van der Waals surface area (Å²) >= 11 is 0. The quantitative estimate of drug-likeness (QED) is 0.610. The summed E-state index contributed by atoms with van der Waals surface area (Å²) in [7, 11) is 0. The number of hydrogen-bond acceptors (Lipinski definition) is 5. The van der Waals surface area contributed by atoms with E-state index >= 15 is 0 Å². The molecule has 0 spiro atoms. The number of piperidine rings is 1. The zero-order valence-electron chi connectivity index (χ0n) is 15.7. The topological polar surface area (TPSA) is 66.9 Å². The van der Waals surface area contributed by atoms with E-state index < -0.39 is 6.04 Å². The van der Waals surface area contributed by atoms with Crippen LogP contribution in [-0.2, 0) is 19.1 Å². The number of carbonyl (C=O) groups excluding carboxylic acids is 3. The summed E-state index contributed by atoms with van der Waals surface area (Å²) in [6.07, 6.45) is 1.76. The van der Waals surface area contributed by atoms with Gasteiger partial charge in [-0.1, -0.05) is 6.07 Å². The molecule has 26 heavy (non-hydrogen) atoms. The maximum absolute atomic E-state index is 13.0. The van der Waals surface area contributed by atoms with E-state index in [0.717, 1.165) is 30.5 Å². The molecule has 3 rings (SSSR count). The third-order valence-electron chi connectivity index (χ3n) is 5.39. The Labute approximate surface area is 154 Å². The highest BCUT2D eigenvalue weighted by molar-refractivity contribution is 6.22. The molecule has 6 heteroatoms. The van der Waals surface area contributed by atoms with Crippen LogP contribution in [0.25, 0.3) is 0 Å². The second-order valence-corrected chi connectivity index (χ2v) is 7.14. The molecule has 2 amide bonds. The van der Waals surface area contributed by atoms with Crippen LogP contribution in [0.1, 0.15) is 37.3 Å². The SMILES string of the molecule is CCOC(=O)[C@H]1CCCN([C@H]2CC(=O)N(c3ccc(C)c(C)c3)C2=O)C1. The number of anilines is 1. The lowest BCUT2D eigenvalue weighted by atomic mass is 9.96. The molecule has 0 radical (unpaired) electrons. The van der Waals surface area contributed by atoms with Gasteiger partial charge >= 0.3 is 5.97 Å². The zero-order valence-corrected chi connectivity index (χ0v) is 15.7. The third kappa shape index (κ3) is 3.51. The van der Waals surface area contributed by atoms with Crippen molar-refractivity contribution in [3.63, 3.8) is 0 Å². The Balaban J connectivity index is 1.75. The van der Waals surface area contributed by atoms with Crippen LogP contribution in [0.15, 0.2) is 18.2 Å². The second kappa shape index (κ2) is 7.58. The molecule has 0 saturated carbocycles. The lowest BCUT2D eigenvalue weighted by molar-refractivity contribution is -0.150. The van der Waals surface area contributed by atoms with Gasteiger partial charge in [-0.15, -0.1) is 0 Å². The van der Waals surface area contributed by atoms with E-state index in [0.29, 0.717) is 18.8 Å².